The molecule has 4 aromatic rings. The molecular formula is C22H14BrClN2O2. The van der Waals surface area contributed by atoms with Gasteiger partial charge in [-0.1, -0.05) is 41.9 Å². The molecule has 0 aliphatic heterocycles. The number of anilines is 1. The minimum Gasteiger partial charge on any atom is -0.318 e. The zero-order chi connectivity index (χ0) is 19.7. The van der Waals surface area contributed by atoms with E-state index < -0.39 is 11.7 Å². The Hall–Kier alpha value is -2.89. The summed E-state index contributed by atoms with van der Waals surface area (Å²) in [4.78, 5) is 25.9. The third kappa shape index (κ3) is 3.46. The zero-order valence-electron chi connectivity index (χ0n) is 14.5. The molecule has 0 bridgehead atoms. The summed E-state index contributed by atoms with van der Waals surface area (Å²) < 4.78 is 2.43. The highest BCUT2D eigenvalue weighted by Crippen LogP contribution is 2.30. The predicted octanol–water partition coefficient (Wildman–Crippen LogP) is 5.84. The SMILES string of the molecule is O=C(Nc1ccccc1Br)C(=O)c1c(-c2ccc(Cl)cc2)cc2ccccn12. The van der Waals surface area contributed by atoms with Crippen LogP contribution in [-0.4, -0.2) is 16.1 Å². The maximum absolute atomic E-state index is 13.1. The Bertz CT molecular complexity index is 1200. The highest BCUT2D eigenvalue weighted by atomic mass is 79.9. The van der Waals surface area contributed by atoms with Gasteiger partial charge in [0.2, 0.25) is 0 Å². The normalized spacial score (nSPS) is 10.8. The van der Waals surface area contributed by atoms with Crippen molar-refractivity contribution < 1.29 is 9.59 Å². The molecule has 0 aliphatic rings. The van der Waals surface area contributed by atoms with Gasteiger partial charge in [0.25, 0.3) is 11.7 Å². The number of hydrogen-bond acceptors (Lipinski definition) is 2. The van der Waals surface area contributed by atoms with Gasteiger partial charge >= 0.3 is 0 Å². The molecule has 4 rings (SSSR count). The lowest BCUT2D eigenvalue weighted by molar-refractivity contribution is -0.112. The van der Waals surface area contributed by atoms with Crippen LogP contribution >= 0.6 is 27.5 Å². The van der Waals surface area contributed by atoms with Crippen molar-refractivity contribution in [1.29, 1.82) is 0 Å². The largest absolute Gasteiger partial charge is 0.318 e. The molecule has 0 radical (unpaired) electrons. The van der Waals surface area contributed by atoms with Crippen LogP contribution in [-0.2, 0) is 4.79 Å². The number of para-hydroxylation sites is 1. The van der Waals surface area contributed by atoms with Gasteiger partial charge in [-0.15, -0.1) is 0 Å². The number of nitrogens with zero attached hydrogens (tertiary/aromatic N) is 1. The summed E-state index contributed by atoms with van der Waals surface area (Å²) in [6.45, 7) is 0. The van der Waals surface area contributed by atoms with Gasteiger partial charge in [0.05, 0.1) is 5.69 Å². The third-order valence-electron chi connectivity index (χ3n) is 4.38. The quantitative estimate of drug-likeness (QED) is 0.311. The molecule has 2 aromatic heterocycles. The Kier molecular flexibility index (Phi) is 5.03. The second kappa shape index (κ2) is 7.62. The number of amides is 1. The number of hydrogen-bond donors (Lipinski definition) is 1. The minimum absolute atomic E-state index is 0.308. The Balaban J connectivity index is 1.79. The summed E-state index contributed by atoms with van der Waals surface area (Å²) in [5.41, 5.74) is 3.15. The number of Topliss-reactive ketones (excluding diaryl/α,β-unsaturated/α-hetero) is 1. The van der Waals surface area contributed by atoms with E-state index in [0.29, 0.717) is 26.4 Å². The van der Waals surface area contributed by atoms with Crippen LogP contribution in [0.15, 0.2) is 83.5 Å². The van der Waals surface area contributed by atoms with E-state index in [-0.39, 0.29) is 0 Å². The molecule has 6 heteroatoms. The molecule has 0 fully saturated rings. The molecule has 28 heavy (non-hydrogen) atoms. The zero-order valence-corrected chi connectivity index (χ0v) is 16.9. The summed E-state index contributed by atoms with van der Waals surface area (Å²) in [6, 6.07) is 21.8. The molecular weight excluding hydrogens is 440 g/mol. The highest BCUT2D eigenvalue weighted by Gasteiger charge is 2.25. The predicted molar refractivity (Wildman–Crippen MR) is 115 cm³/mol. The second-order valence-electron chi connectivity index (χ2n) is 6.17. The number of aromatic nitrogens is 1. The van der Waals surface area contributed by atoms with Crippen LogP contribution in [0.5, 0.6) is 0 Å². The molecule has 1 amide bonds. The van der Waals surface area contributed by atoms with Crippen LogP contribution in [0.3, 0.4) is 0 Å². The van der Waals surface area contributed by atoms with E-state index in [1.165, 1.54) is 0 Å². The lowest BCUT2D eigenvalue weighted by Gasteiger charge is -2.09. The molecule has 0 saturated heterocycles. The molecule has 2 aromatic carbocycles. The van der Waals surface area contributed by atoms with E-state index >= 15 is 0 Å². The van der Waals surface area contributed by atoms with Gasteiger partial charge in [-0.2, -0.15) is 0 Å². The molecule has 138 valence electrons. The van der Waals surface area contributed by atoms with Gasteiger partial charge in [0.1, 0.15) is 5.69 Å². The molecule has 2 heterocycles. The first-order chi connectivity index (χ1) is 13.5. The van der Waals surface area contributed by atoms with Crippen molar-refractivity contribution in [2.75, 3.05) is 5.32 Å². The first kappa shape index (κ1) is 18.5. The van der Waals surface area contributed by atoms with Gasteiger partial charge in [0.15, 0.2) is 0 Å². The Labute approximate surface area is 174 Å². The number of benzene rings is 2. The molecule has 0 atom stereocenters. The molecule has 0 aliphatic carbocycles. The van der Waals surface area contributed by atoms with Crippen molar-refractivity contribution in [2.24, 2.45) is 0 Å². The van der Waals surface area contributed by atoms with Crippen molar-refractivity contribution >= 4 is 50.4 Å². The van der Waals surface area contributed by atoms with E-state index in [4.69, 9.17) is 11.6 Å². The fraction of sp³-hybridized carbons (Fsp3) is 0. The van der Waals surface area contributed by atoms with Gasteiger partial charge < -0.3 is 9.72 Å². The average molecular weight is 454 g/mol. The molecule has 0 saturated carbocycles. The maximum atomic E-state index is 13.1. The third-order valence-corrected chi connectivity index (χ3v) is 5.32. The van der Waals surface area contributed by atoms with Crippen molar-refractivity contribution in [3.05, 3.63) is 94.2 Å². The van der Waals surface area contributed by atoms with Crippen LogP contribution in [0.1, 0.15) is 10.5 Å². The topological polar surface area (TPSA) is 50.6 Å². The number of ketones is 1. The lowest BCUT2D eigenvalue weighted by Crippen LogP contribution is -2.24. The number of carbonyl (C=O) groups is 2. The van der Waals surface area contributed by atoms with Gasteiger partial charge in [-0.25, -0.2) is 0 Å². The smallest absolute Gasteiger partial charge is 0.298 e. The number of halogens is 2. The van der Waals surface area contributed by atoms with Crippen LogP contribution in [0.2, 0.25) is 5.02 Å². The van der Waals surface area contributed by atoms with Crippen molar-refractivity contribution in [3.63, 3.8) is 0 Å². The highest BCUT2D eigenvalue weighted by molar-refractivity contribution is 9.10. The standard InChI is InChI=1S/C22H14BrClN2O2/c23-18-6-1-2-7-19(18)25-22(28)21(27)20-17(14-8-10-15(24)11-9-14)13-16-5-3-4-12-26(16)20/h1-13H,(H,25,28). The van der Waals surface area contributed by atoms with E-state index in [2.05, 4.69) is 21.2 Å². The van der Waals surface area contributed by atoms with E-state index in [0.717, 1.165) is 11.1 Å². The van der Waals surface area contributed by atoms with Gasteiger partial charge in [-0.3, -0.25) is 9.59 Å². The second-order valence-corrected chi connectivity index (χ2v) is 7.46. The number of carbonyl (C=O) groups excluding carboxylic acids is 2. The fourth-order valence-corrected chi connectivity index (χ4v) is 3.56. The Morgan fingerprint density at radius 2 is 1.64 bits per heavy atom. The Morgan fingerprint density at radius 3 is 2.39 bits per heavy atom. The van der Waals surface area contributed by atoms with Crippen molar-refractivity contribution in [1.82, 2.24) is 4.40 Å². The summed E-state index contributed by atoms with van der Waals surface area (Å²) in [6.07, 6.45) is 1.77. The fourth-order valence-electron chi connectivity index (χ4n) is 3.05. The van der Waals surface area contributed by atoms with E-state index in [1.54, 1.807) is 40.9 Å². The Morgan fingerprint density at radius 1 is 0.929 bits per heavy atom. The number of nitrogens with one attached hydrogen (secondary N) is 1. The number of rotatable bonds is 4. The molecule has 4 nitrogen and oxygen atoms in total. The van der Waals surface area contributed by atoms with Crippen molar-refractivity contribution in [2.45, 2.75) is 0 Å². The van der Waals surface area contributed by atoms with Crippen LogP contribution < -0.4 is 5.32 Å². The number of fused-ring (bicyclic) bond motifs is 1. The minimum atomic E-state index is -0.703. The molecule has 1 N–H and O–H groups in total. The van der Waals surface area contributed by atoms with Crippen molar-refractivity contribution in [3.8, 4) is 11.1 Å². The van der Waals surface area contributed by atoms with Gasteiger partial charge in [-0.05, 0) is 64.0 Å². The number of pyridine rings is 1. The summed E-state index contributed by atoms with van der Waals surface area (Å²) in [7, 11) is 0. The summed E-state index contributed by atoms with van der Waals surface area (Å²) in [5, 5.41) is 3.28. The first-order valence-electron chi connectivity index (χ1n) is 8.51. The first-order valence-corrected chi connectivity index (χ1v) is 9.68. The maximum Gasteiger partial charge on any atom is 0.298 e. The average Bonchev–Trinajstić information content (AvgIpc) is 3.09. The monoisotopic (exact) mass is 452 g/mol. The van der Waals surface area contributed by atoms with Crippen LogP contribution in [0.25, 0.3) is 16.6 Å². The van der Waals surface area contributed by atoms with Crippen LogP contribution in [0, 0.1) is 0 Å². The van der Waals surface area contributed by atoms with E-state index in [1.807, 2.05) is 42.5 Å². The van der Waals surface area contributed by atoms with Gasteiger partial charge in [0, 0.05) is 26.8 Å². The van der Waals surface area contributed by atoms with Crippen LogP contribution in [0.4, 0.5) is 5.69 Å². The lowest BCUT2D eigenvalue weighted by atomic mass is 10.0. The summed E-state index contributed by atoms with van der Waals surface area (Å²) in [5.74, 6) is -1.32. The molecule has 0 unspecified atom stereocenters. The van der Waals surface area contributed by atoms with E-state index in [9.17, 15) is 9.59 Å². The summed E-state index contributed by atoms with van der Waals surface area (Å²) >= 11 is 9.37. The molecule has 0 spiro atoms.